The van der Waals surface area contributed by atoms with E-state index in [9.17, 15) is 0 Å². The molecule has 1 aromatic heterocycles. The van der Waals surface area contributed by atoms with Crippen LogP contribution >= 0.6 is 11.3 Å². The van der Waals surface area contributed by atoms with Gasteiger partial charge in [-0.25, -0.2) is 0 Å². The number of hydrogen-bond donors (Lipinski definition) is 1. The Kier molecular flexibility index (Phi) is 5.21. The number of nitrogens with one attached hydrogen (secondary N) is 1. The Balaban J connectivity index is 2.00. The zero-order valence-corrected chi connectivity index (χ0v) is 12.2. The van der Waals surface area contributed by atoms with Crippen LogP contribution in [0.3, 0.4) is 0 Å². The summed E-state index contributed by atoms with van der Waals surface area (Å²) < 4.78 is 1.42. The Bertz CT molecular complexity index is 469. The minimum absolute atomic E-state index is 0.679. The molecule has 1 N–H and O–H groups in total. The fraction of sp³-hybridized carbons (Fsp3) is 0.500. The van der Waals surface area contributed by atoms with Gasteiger partial charge in [0, 0.05) is 10.7 Å². The van der Waals surface area contributed by atoms with Gasteiger partial charge in [-0.3, -0.25) is 0 Å². The first-order chi connectivity index (χ1) is 8.85. The summed E-state index contributed by atoms with van der Waals surface area (Å²) in [6.07, 6.45) is 5.00. The van der Waals surface area contributed by atoms with Gasteiger partial charge < -0.3 is 5.32 Å². The predicted molar refractivity (Wildman–Crippen MR) is 82.5 cm³/mol. The molecule has 0 amide bonds. The maximum atomic E-state index is 3.60. The van der Waals surface area contributed by atoms with E-state index in [1.807, 2.05) is 11.3 Å². The van der Waals surface area contributed by atoms with Crippen LogP contribution in [0.25, 0.3) is 10.1 Å². The molecular weight excluding hydrogens is 238 g/mol. The summed E-state index contributed by atoms with van der Waals surface area (Å²) in [5.41, 5.74) is 1.52. The van der Waals surface area contributed by atoms with Gasteiger partial charge in [0.2, 0.25) is 0 Å². The van der Waals surface area contributed by atoms with E-state index in [0.717, 1.165) is 6.54 Å². The van der Waals surface area contributed by atoms with E-state index < -0.39 is 0 Å². The van der Waals surface area contributed by atoms with Crippen LogP contribution in [0.1, 0.15) is 38.7 Å². The number of benzene rings is 1. The quantitative estimate of drug-likeness (QED) is 0.767. The van der Waals surface area contributed by atoms with Gasteiger partial charge in [-0.1, -0.05) is 38.5 Å². The zero-order chi connectivity index (χ0) is 12.8. The summed E-state index contributed by atoms with van der Waals surface area (Å²) in [5.74, 6) is 0. The third-order valence-corrected chi connectivity index (χ3v) is 4.47. The maximum Gasteiger partial charge on any atom is 0.0345 e. The van der Waals surface area contributed by atoms with Crippen molar-refractivity contribution in [3.8, 4) is 0 Å². The van der Waals surface area contributed by atoms with Crippen molar-refractivity contribution >= 4 is 21.4 Å². The molecule has 0 aliphatic carbocycles. The van der Waals surface area contributed by atoms with Crippen molar-refractivity contribution in [1.29, 1.82) is 0 Å². The van der Waals surface area contributed by atoms with Gasteiger partial charge in [-0.15, -0.1) is 11.3 Å². The summed E-state index contributed by atoms with van der Waals surface area (Å²) >= 11 is 1.87. The predicted octanol–water partition coefficient (Wildman–Crippen LogP) is 4.61. The highest BCUT2D eigenvalue weighted by atomic mass is 32.1. The smallest absolute Gasteiger partial charge is 0.0345 e. The van der Waals surface area contributed by atoms with E-state index in [1.165, 1.54) is 41.3 Å². The maximum absolute atomic E-state index is 3.60. The fourth-order valence-corrected chi connectivity index (χ4v) is 3.54. The van der Waals surface area contributed by atoms with Crippen LogP contribution in [0.15, 0.2) is 29.6 Å². The average molecular weight is 261 g/mol. The first kappa shape index (κ1) is 13.6. The molecule has 2 heteroatoms. The molecule has 2 rings (SSSR count). The van der Waals surface area contributed by atoms with E-state index in [2.05, 4.69) is 48.8 Å². The van der Waals surface area contributed by atoms with Gasteiger partial charge in [-0.2, -0.15) is 0 Å². The molecule has 0 spiro atoms. The Morgan fingerprint density at radius 1 is 1.17 bits per heavy atom. The van der Waals surface area contributed by atoms with Gasteiger partial charge >= 0.3 is 0 Å². The molecule has 0 radical (unpaired) electrons. The van der Waals surface area contributed by atoms with Crippen LogP contribution in [-0.4, -0.2) is 12.6 Å². The molecule has 0 saturated carbocycles. The number of hydrogen-bond acceptors (Lipinski definition) is 2. The van der Waals surface area contributed by atoms with Crippen LogP contribution in [0.4, 0.5) is 0 Å². The minimum atomic E-state index is 0.679. The minimum Gasteiger partial charge on any atom is -0.314 e. The van der Waals surface area contributed by atoms with Crippen molar-refractivity contribution in [1.82, 2.24) is 5.32 Å². The number of aryl methyl sites for hydroxylation is 1. The number of thiophene rings is 1. The van der Waals surface area contributed by atoms with Crippen LogP contribution < -0.4 is 5.32 Å². The van der Waals surface area contributed by atoms with Crippen molar-refractivity contribution in [3.05, 3.63) is 35.2 Å². The van der Waals surface area contributed by atoms with Crippen molar-refractivity contribution in [2.45, 2.75) is 45.6 Å². The molecule has 0 fully saturated rings. The molecule has 1 nitrogen and oxygen atoms in total. The summed E-state index contributed by atoms with van der Waals surface area (Å²) in [6.45, 7) is 5.54. The average Bonchev–Trinajstić information content (AvgIpc) is 2.80. The van der Waals surface area contributed by atoms with Crippen LogP contribution in [-0.2, 0) is 6.42 Å². The second-order valence-corrected chi connectivity index (χ2v) is 5.75. The Hall–Kier alpha value is -0.860. The van der Waals surface area contributed by atoms with Gasteiger partial charge in [0.1, 0.15) is 0 Å². The third kappa shape index (κ3) is 3.33. The highest BCUT2D eigenvalue weighted by Crippen LogP contribution is 2.27. The first-order valence-electron chi connectivity index (χ1n) is 7.03. The summed E-state index contributed by atoms with van der Waals surface area (Å²) in [5, 5.41) is 7.38. The number of fused-ring (bicyclic) bond motifs is 1. The molecule has 0 saturated heterocycles. The lowest BCUT2D eigenvalue weighted by Crippen LogP contribution is -2.29. The van der Waals surface area contributed by atoms with Crippen molar-refractivity contribution < 1.29 is 0 Å². The lowest BCUT2D eigenvalue weighted by atomic mass is 10.0. The molecule has 98 valence electrons. The Morgan fingerprint density at radius 3 is 2.78 bits per heavy atom. The molecular formula is C16H23NS. The zero-order valence-electron chi connectivity index (χ0n) is 11.4. The van der Waals surface area contributed by atoms with Crippen molar-refractivity contribution in [2.75, 3.05) is 6.54 Å². The Labute approximate surface area is 114 Å². The van der Waals surface area contributed by atoms with Gasteiger partial charge in [-0.05, 0) is 48.2 Å². The third-order valence-electron chi connectivity index (χ3n) is 3.45. The largest absolute Gasteiger partial charge is 0.314 e. The Morgan fingerprint density at radius 2 is 2.00 bits per heavy atom. The molecule has 18 heavy (non-hydrogen) atoms. The van der Waals surface area contributed by atoms with Gasteiger partial charge in [0.05, 0.1) is 0 Å². The summed E-state index contributed by atoms with van der Waals surface area (Å²) in [7, 11) is 0. The van der Waals surface area contributed by atoms with Crippen LogP contribution in [0.2, 0.25) is 0 Å². The number of rotatable bonds is 7. The highest BCUT2D eigenvalue weighted by Gasteiger charge is 2.08. The SMILES string of the molecule is CCCC(CCc1csc2ccccc12)NCC. The summed E-state index contributed by atoms with van der Waals surface area (Å²) in [6, 6.07) is 9.42. The molecule has 2 aromatic rings. The monoisotopic (exact) mass is 261 g/mol. The van der Waals surface area contributed by atoms with Crippen LogP contribution in [0.5, 0.6) is 0 Å². The van der Waals surface area contributed by atoms with Gasteiger partial charge in [0.25, 0.3) is 0 Å². The van der Waals surface area contributed by atoms with E-state index in [0.29, 0.717) is 6.04 Å². The van der Waals surface area contributed by atoms with E-state index >= 15 is 0 Å². The van der Waals surface area contributed by atoms with E-state index in [-0.39, 0.29) is 0 Å². The lowest BCUT2D eigenvalue weighted by molar-refractivity contribution is 0.460. The summed E-state index contributed by atoms with van der Waals surface area (Å²) in [4.78, 5) is 0. The topological polar surface area (TPSA) is 12.0 Å². The van der Waals surface area contributed by atoms with Crippen molar-refractivity contribution in [2.24, 2.45) is 0 Å². The molecule has 1 heterocycles. The normalized spacial score (nSPS) is 13.0. The second-order valence-electron chi connectivity index (χ2n) is 4.84. The molecule has 0 bridgehead atoms. The molecule has 0 aliphatic heterocycles. The van der Waals surface area contributed by atoms with Crippen LogP contribution in [0, 0.1) is 0 Å². The molecule has 0 aliphatic rings. The molecule has 1 aromatic carbocycles. The van der Waals surface area contributed by atoms with E-state index in [4.69, 9.17) is 0 Å². The molecule has 1 atom stereocenters. The van der Waals surface area contributed by atoms with E-state index in [1.54, 1.807) is 0 Å². The van der Waals surface area contributed by atoms with Gasteiger partial charge in [0.15, 0.2) is 0 Å². The second kappa shape index (κ2) is 6.91. The fourth-order valence-electron chi connectivity index (χ4n) is 2.54. The molecule has 1 unspecified atom stereocenters. The first-order valence-corrected chi connectivity index (χ1v) is 7.91. The standard InChI is InChI=1S/C16H23NS/c1-3-7-14(17-4-2)11-10-13-12-18-16-9-6-5-8-15(13)16/h5-6,8-9,12,14,17H,3-4,7,10-11H2,1-2H3. The lowest BCUT2D eigenvalue weighted by Gasteiger charge is -2.16. The van der Waals surface area contributed by atoms with Crippen molar-refractivity contribution in [3.63, 3.8) is 0 Å². The highest BCUT2D eigenvalue weighted by molar-refractivity contribution is 7.17.